The van der Waals surface area contributed by atoms with E-state index in [-0.39, 0.29) is 0 Å². The van der Waals surface area contributed by atoms with Crippen molar-refractivity contribution in [1.82, 2.24) is 0 Å². The summed E-state index contributed by atoms with van der Waals surface area (Å²) in [6, 6.07) is 0. The molecule has 92 valence electrons. The maximum Gasteiger partial charge on any atom is 0.136 e. The first kappa shape index (κ1) is 12.1. The van der Waals surface area contributed by atoms with Crippen molar-refractivity contribution in [3.05, 3.63) is 0 Å². The largest absolute Gasteiger partial charge is 0.299 e. The lowest BCUT2D eigenvalue weighted by Crippen LogP contribution is -2.24. The second kappa shape index (κ2) is 5.33. The van der Waals surface area contributed by atoms with E-state index < -0.39 is 0 Å². The standard InChI is InChI=1S/C15H26O/c1-11-7-12(2)9-13(8-11)10-15(16)14-5-3-4-6-14/h11-14H,3-10H2,1-2H3. The molecular weight excluding hydrogens is 196 g/mol. The van der Waals surface area contributed by atoms with Crippen LogP contribution in [0.2, 0.25) is 0 Å². The Labute approximate surface area is 100.0 Å². The second-order valence-electron chi connectivity index (χ2n) is 6.44. The Morgan fingerprint density at radius 1 is 1.00 bits per heavy atom. The minimum atomic E-state index is 0.438. The average Bonchev–Trinajstić information content (AvgIpc) is 2.68. The summed E-state index contributed by atoms with van der Waals surface area (Å²) in [6.07, 6.45) is 9.77. The van der Waals surface area contributed by atoms with Crippen LogP contribution in [0.1, 0.15) is 65.2 Å². The number of carbonyl (C=O) groups is 1. The molecule has 0 amide bonds. The van der Waals surface area contributed by atoms with Crippen LogP contribution < -0.4 is 0 Å². The van der Waals surface area contributed by atoms with Crippen molar-refractivity contribution in [3.8, 4) is 0 Å². The van der Waals surface area contributed by atoms with Crippen LogP contribution in [-0.2, 0) is 4.79 Å². The molecule has 16 heavy (non-hydrogen) atoms. The molecule has 1 nitrogen and oxygen atoms in total. The molecule has 2 atom stereocenters. The van der Waals surface area contributed by atoms with E-state index in [0.29, 0.717) is 17.6 Å². The lowest BCUT2D eigenvalue weighted by Gasteiger charge is -2.31. The van der Waals surface area contributed by atoms with Crippen molar-refractivity contribution < 1.29 is 4.79 Å². The highest BCUT2D eigenvalue weighted by Crippen LogP contribution is 2.36. The SMILES string of the molecule is CC1CC(C)CC(CC(=O)C2CCCC2)C1. The summed E-state index contributed by atoms with van der Waals surface area (Å²) in [4.78, 5) is 12.1. The van der Waals surface area contributed by atoms with E-state index in [1.807, 2.05) is 0 Å². The lowest BCUT2D eigenvalue weighted by atomic mass is 9.74. The molecule has 2 unspecified atom stereocenters. The molecule has 2 aliphatic rings. The quantitative estimate of drug-likeness (QED) is 0.699. The van der Waals surface area contributed by atoms with Gasteiger partial charge in [-0.15, -0.1) is 0 Å². The van der Waals surface area contributed by atoms with Crippen LogP contribution in [0.3, 0.4) is 0 Å². The molecule has 0 aliphatic heterocycles. The highest BCUT2D eigenvalue weighted by Gasteiger charge is 2.29. The van der Waals surface area contributed by atoms with Crippen molar-refractivity contribution in [2.45, 2.75) is 65.2 Å². The number of ketones is 1. The number of hydrogen-bond donors (Lipinski definition) is 0. The van der Waals surface area contributed by atoms with Crippen LogP contribution in [0.15, 0.2) is 0 Å². The third kappa shape index (κ3) is 3.09. The summed E-state index contributed by atoms with van der Waals surface area (Å²) in [5.74, 6) is 3.40. The topological polar surface area (TPSA) is 17.1 Å². The maximum absolute atomic E-state index is 12.1. The summed E-state index contributed by atoms with van der Waals surface area (Å²) < 4.78 is 0. The summed E-state index contributed by atoms with van der Waals surface area (Å²) in [7, 11) is 0. The van der Waals surface area contributed by atoms with Gasteiger partial charge in [-0.25, -0.2) is 0 Å². The molecule has 1 heteroatoms. The van der Waals surface area contributed by atoms with E-state index in [4.69, 9.17) is 0 Å². The van der Waals surface area contributed by atoms with Crippen LogP contribution in [0.4, 0.5) is 0 Å². The van der Waals surface area contributed by atoms with Gasteiger partial charge in [0.1, 0.15) is 5.78 Å². The molecule has 2 fully saturated rings. The zero-order chi connectivity index (χ0) is 11.5. The van der Waals surface area contributed by atoms with Crippen molar-refractivity contribution in [2.75, 3.05) is 0 Å². The predicted molar refractivity (Wildman–Crippen MR) is 67.3 cm³/mol. The van der Waals surface area contributed by atoms with Gasteiger partial charge in [0.2, 0.25) is 0 Å². The van der Waals surface area contributed by atoms with E-state index in [1.165, 1.54) is 44.9 Å². The highest BCUT2D eigenvalue weighted by atomic mass is 16.1. The first-order chi connectivity index (χ1) is 7.65. The summed E-state index contributed by atoms with van der Waals surface area (Å²) in [5.41, 5.74) is 0. The first-order valence-electron chi connectivity index (χ1n) is 7.18. The fourth-order valence-electron chi connectivity index (χ4n) is 3.98. The van der Waals surface area contributed by atoms with Gasteiger partial charge < -0.3 is 0 Å². The molecule has 0 heterocycles. The molecule has 0 N–H and O–H groups in total. The van der Waals surface area contributed by atoms with E-state index >= 15 is 0 Å². The Morgan fingerprint density at radius 3 is 2.12 bits per heavy atom. The number of carbonyl (C=O) groups excluding carboxylic acids is 1. The van der Waals surface area contributed by atoms with Gasteiger partial charge in [0.25, 0.3) is 0 Å². The normalized spacial score (nSPS) is 36.5. The molecule has 2 rings (SSSR count). The van der Waals surface area contributed by atoms with Gasteiger partial charge in [-0.05, 0) is 49.9 Å². The third-order valence-electron chi connectivity index (χ3n) is 4.58. The molecule has 2 saturated carbocycles. The number of rotatable bonds is 3. The van der Waals surface area contributed by atoms with E-state index in [2.05, 4.69) is 13.8 Å². The number of hydrogen-bond acceptors (Lipinski definition) is 1. The Morgan fingerprint density at radius 2 is 1.56 bits per heavy atom. The Bertz CT molecular complexity index is 230. The van der Waals surface area contributed by atoms with Crippen molar-refractivity contribution in [2.24, 2.45) is 23.7 Å². The van der Waals surface area contributed by atoms with Crippen LogP contribution in [-0.4, -0.2) is 5.78 Å². The predicted octanol–water partition coefficient (Wildman–Crippen LogP) is 4.21. The van der Waals surface area contributed by atoms with Crippen molar-refractivity contribution in [1.29, 1.82) is 0 Å². The third-order valence-corrected chi connectivity index (χ3v) is 4.58. The molecule has 0 bridgehead atoms. The van der Waals surface area contributed by atoms with E-state index in [9.17, 15) is 4.79 Å². The summed E-state index contributed by atoms with van der Waals surface area (Å²) in [5, 5.41) is 0. The van der Waals surface area contributed by atoms with Gasteiger partial charge in [-0.2, -0.15) is 0 Å². The maximum atomic E-state index is 12.1. The molecular formula is C15H26O. The summed E-state index contributed by atoms with van der Waals surface area (Å²) in [6.45, 7) is 4.70. The van der Waals surface area contributed by atoms with Crippen LogP contribution in [0.25, 0.3) is 0 Å². The lowest BCUT2D eigenvalue weighted by molar-refractivity contribution is -0.124. The molecule has 0 aromatic heterocycles. The second-order valence-corrected chi connectivity index (χ2v) is 6.44. The minimum Gasteiger partial charge on any atom is -0.299 e. The molecule has 0 aromatic carbocycles. The van der Waals surface area contributed by atoms with Gasteiger partial charge in [0.15, 0.2) is 0 Å². The fourth-order valence-corrected chi connectivity index (χ4v) is 3.98. The molecule has 0 aromatic rings. The molecule has 0 spiro atoms. The Kier molecular flexibility index (Phi) is 4.05. The molecule has 0 radical (unpaired) electrons. The minimum absolute atomic E-state index is 0.438. The average molecular weight is 222 g/mol. The van der Waals surface area contributed by atoms with Crippen LogP contribution >= 0.6 is 0 Å². The van der Waals surface area contributed by atoms with Gasteiger partial charge >= 0.3 is 0 Å². The van der Waals surface area contributed by atoms with Gasteiger partial charge in [0.05, 0.1) is 0 Å². The first-order valence-corrected chi connectivity index (χ1v) is 7.18. The molecule has 2 aliphatic carbocycles. The highest BCUT2D eigenvalue weighted by molar-refractivity contribution is 5.81. The Hall–Kier alpha value is -0.330. The van der Waals surface area contributed by atoms with Crippen LogP contribution in [0.5, 0.6) is 0 Å². The molecule has 0 saturated heterocycles. The van der Waals surface area contributed by atoms with Crippen molar-refractivity contribution >= 4 is 5.78 Å². The van der Waals surface area contributed by atoms with Crippen LogP contribution in [0, 0.1) is 23.7 Å². The zero-order valence-corrected chi connectivity index (χ0v) is 10.9. The zero-order valence-electron chi connectivity index (χ0n) is 10.9. The number of Topliss-reactive ketones (excluding diaryl/α,β-unsaturated/α-hetero) is 1. The monoisotopic (exact) mass is 222 g/mol. The van der Waals surface area contributed by atoms with Gasteiger partial charge in [-0.3, -0.25) is 4.79 Å². The van der Waals surface area contributed by atoms with Gasteiger partial charge in [-0.1, -0.05) is 26.7 Å². The fraction of sp³-hybridized carbons (Fsp3) is 0.933. The van der Waals surface area contributed by atoms with E-state index in [1.54, 1.807) is 0 Å². The smallest absolute Gasteiger partial charge is 0.136 e. The van der Waals surface area contributed by atoms with E-state index in [0.717, 1.165) is 18.3 Å². The van der Waals surface area contributed by atoms with Gasteiger partial charge in [0, 0.05) is 12.3 Å². The summed E-state index contributed by atoms with van der Waals surface area (Å²) >= 11 is 0. The van der Waals surface area contributed by atoms with Crippen molar-refractivity contribution in [3.63, 3.8) is 0 Å². The Balaban J connectivity index is 1.81.